The second kappa shape index (κ2) is 4.79. The highest BCUT2D eigenvalue weighted by Crippen LogP contribution is 2.67. The fourth-order valence-corrected chi connectivity index (χ4v) is 3.12. The fraction of sp³-hybridized carbons (Fsp3) is 0.733. The van der Waals surface area contributed by atoms with Crippen LogP contribution in [0.25, 0.3) is 0 Å². The first-order chi connectivity index (χ1) is 9.23. The van der Waals surface area contributed by atoms with E-state index in [1.807, 2.05) is 0 Å². The molecule has 1 aromatic rings. The third kappa shape index (κ3) is 2.19. The molecule has 1 heterocycles. The van der Waals surface area contributed by atoms with Crippen molar-refractivity contribution in [2.24, 2.45) is 16.7 Å². The van der Waals surface area contributed by atoms with Gasteiger partial charge in [-0.15, -0.1) is 0 Å². The van der Waals surface area contributed by atoms with Gasteiger partial charge in [-0.25, -0.2) is 0 Å². The molecule has 0 radical (unpaired) electrons. The minimum absolute atomic E-state index is 0.181. The van der Waals surface area contributed by atoms with Gasteiger partial charge < -0.3 is 11.1 Å². The molecule has 1 fully saturated rings. The van der Waals surface area contributed by atoms with E-state index in [-0.39, 0.29) is 16.7 Å². The third-order valence-corrected chi connectivity index (χ3v) is 5.38. The van der Waals surface area contributed by atoms with E-state index < -0.39 is 0 Å². The maximum absolute atomic E-state index is 12.2. The Morgan fingerprint density at radius 2 is 1.95 bits per heavy atom. The van der Waals surface area contributed by atoms with Gasteiger partial charge in [0.05, 0.1) is 11.4 Å². The molecule has 0 aromatic carbocycles. The zero-order valence-electron chi connectivity index (χ0n) is 13.1. The van der Waals surface area contributed by atoms with Gasteiger partial charge in [0.25, 0.3) is 5.91 Å². The molecule has 0 saturated heterocycles. The van der Waals surface area contributed by atoms with Crippen LogP contribution in [0.2, 0.25) is 0 Å². The monoisotopic (exact) mass is 278 g/mol. The number of hydrogen-bond donors (Lipinski definition) is 3. The summed E-state index contributed by atoms with van der Waals surface area (Å²) in [4.78, 5) is 12.2. The largest absolute Gasteiger partial charge is 0.395 e. The zero-order valence-corrected chi connectivity index (χ0v) is 13.1. The van der Waals surface area contributed by atoms with E-state index in [4.69, 9.17) is 5.73 Å². The van der Waals surface area contributed by atoms with Gasteiger partial charge in [-0.2, -0.15) is 5.10 Å². The van der Waals surface area contributed by atoms with Crippen molar-refractivity contribution >= 4 is 11.6 Å². The average molecular weight is 278 g/mol. The Bertz CT molecular complexity index is 502. The Kier molecular flexibility index (Phi) is 3.56. The lowest BCUT2D eigenvalue weighted by Crippen LogP contribution is -2.28. The van der Waals surface area contributed by atoms with Gasteiger partial charge in [0.15, 0.2) is 5.69 Å². The van der Waals surface area contributed by atoms with Crippen LogP contribution in [-0.4, -0.2) is 22.6 Å². The number of carbonyl (C=O) groups excluding carboxylic acids is 1. The molecule has 5 heteroatoms. The summed E-state index contributed by atoms with van der Waals surface area (Å²) in [5.74, 6) is 0.314. The zero-order chi connectivity index (χ0) is 15.1. The van der Waals surface area contributed by atoms with Crippen LogP contribution in [0.3, 0.4) is 0 Å². The minimum atomic E-state index is -0.181. The van der Waals surface area contributed by atoms with Crippen molar-refractivity contribution < 1.29 is 4.79 Å². The highest BCUT2D eigenvalue weighted by Gasteiger charge is 2.64. The third-order valence-electron chi connectivity index (χ3n) is 5.38. The molecule has 0 unspecified atom stereocenters. The SMILES string of the molecule is CCCc1[nH]nc(C(=O)NCC2C(C)(C)C2(C)C)c1N. The molecule has 1 saturated carbocycles. The molecule has 4 N–H and O–H groups in total. The van der Waals surface area contributed by atoms with Gasteiger partial charge >= 0.3 is 0 Å². The van der Waals surface area contributed by atoms with Crippen molar-refractivity contribution in [3.05, 3.63) is 11.4 Å². The minimum Gasteiger partial charge on any atom is -0.395 e. The summed E-state index contributed by atoms with van der Waals surface area (Å²) in [5.41, 5.74) is 8.16. The summed E-state index contributed by atoms with van der Waals surface area (Å²) in [5, 5.41) is 9.87. The molecule has 1 amide bonds. The molecule has 112 valence electrons. The van der Waals surface area contributed by atoms with Crippen LogP contribution in [0.5, 0.6) is 0 Å². The van der Waals surface area contributed by atoms with Gasteiger partial charge in [-0.3, -0.25) is 9.89 Å². The second-order valence-electron chi connectivity index (χ2n) is 6.92. The van der Waals surface area contributed by atoms with Crippen LogP contribution < -0.4 is 11.1 Å². The Morgan fingerprint density at radius 3 is 2.45 bits per heavy atom. The number of aromatic nitrogens is 2. The quantitative estimate of drug-likeness (QED) is 0.773. The number of anilines is 1. The number of nitrogens with zero attached hydrogens (tertiary/aromatic N) is 1. The molecule has 20 heavy (non-hydrogen) atoms. The van der Waals surface area contributed by atoms with E-state index in [9.17, 15) is 4.79 Å². The first-order valence-electron chi connectivity index (χ1n) is 7.34. The number of H-pyrrole nitrogens is 1. The van der Waals surface area contributed by atoms with E-state index in [0.29, 0.717) is 23.8 Å². The van der Waals surface area contributed by atoms with Crippen LogP contribution in [0, 0.1) is 16.7 Å². The maximum atomic E-state index is 12.2. The highest BCUT2D eigenvalue weighted by atomic mass is 16.1. The molecule has 0 spiro atoms. The summed E-state index contributed by atoms with van der Waals surface area (Å²) in [6.45, 7) is 11.7. The molecule has 0 bridgehead atoms. The van der Waals surface area contributed by atoms with E-state index in [1.54, 1.807) is 0 Å². The number of amides is 1. The number of hydrogen-bond acceptors (Lipinski definition) is 3. The Balaban J connectivity index is 1.97. The Morgan fingerprint density at radius 1 is 1.35 bits per heavy atom. The van der Waals surface area contributed by atoms with E-state index in [2.05, 4.69) is 50.1 Å². The van der Waals surface area contributed by atoms with E-state index >= 15 is 0 Å². The lowest BCUT2D eigenvalue weighted by molar-refractivity contribution is 0.0946. The predicted octanol–water partition coefficient (Wildman–Crippen LogP) is 2.36. The number of rotatable bonds is 5. The van der Waals surface area contributed by atoms with E-state index in [0.717, 1.165) is 18.5 Å². The van der Waals surface area contributed by atoms with E-state index in [1.165, 1.54) is 0 Å². The molecule has 1 aliphatic rings. The number of aromatic amines is 1. The molecule has 1 aromatic heterocycles. The van der Waals surface area contributed by atoms with Crippen molar-refractivity contribution in [2.45, 2.75) is 47.5 Å². The van der Waals surface area contributed by atoms with Crippen molar-refractivity contribution in [1.29, 1.82) is 0 Å². The fourth-order valence-electron chi connectivity index (χ4n) is 3.12. The van der Waals surface area contributed by atoms with Crippen LogP contribution >= 0.6 is 0 Å². The highest BCUT2D eigenvalue weighted by molar-refractivity contribution is 5.97. The number of carbonyl (C=O) groups is 1. The number of aryl methyl sites for hydroxylation is 1. The summed E-state index contributed by atoms with van der Waals surface area (Å²) in [6.07, 6.45) is 1.78. The molecule has 0 atom stereocenters. The molecule has 5 nitrogen and oxygen atoms in total. The summed E-state index contributed by atoms with van der Waals surface area (Å²) >= 11 is 0. The first-order valence-corrected chi connectivity index (χ1v) is 7.34. The standard InChI is InChI=1S/C15H26N4O/c1-6-7-9-11(16)12(19-18-9)13(20)17-8-10-14(2,3)15(10,4)5/h10H,6-8,16H2,1-5H3,(H,17,20)(H,18,19). The van der Waals surface area contributed by atoms with Crippen molar-refractivity contribution in [1.82, 2.24) is 15.5 Å². The smallest absolute Gasteiger partial charge is 0.273 e. The number of nitrogens with two attached hydrogens (primary N) is 1. The lowest BCUT2D eigenvalue weighted by atomic mass is 10.0. The first kappa shape index (κ1) is 14.9. The summed E-state index contributed by atoms with van der Waals surface area (Å²) in [6, 6.07) is 0. The number of nitrogens with one attached hydrogen (secondary N) is 2. The van der Waals surface area contributed by atoms with Crippen molar-refractivity contribution in [3.63, 3.8) is 0 Å². The van der Waals surface area contributed by atoms with Crippen molar-refractivity contribution in [3.8, 4) is 0 Å². The molecule has 2 rings (SSSR count). The van der Waals surface area contributed by atoms with Gasteiger partial charge in [0.1, 0.15) is 0 Å². The lowest BCUT2D eigenvalue weighted by Gasteiger charge is -2.05. The van der Waals surface area contributed by atoms with Crippen molar-refractivity contribution in [2.75, 3.05) is 12.3 Å². The average Bonchev–Trinajstić information content (AvgIpc) is 2.62. The number of nitrogen functional groups attached to an aromatic ring is 1. The Hall–Kier alpha value is -1.52. The molecule has 1 aliphatic carbocycles. The van der Waals surface area contributed by atoms with Gasteiger partial charge in [0.2, 0.25) is 0 Å². The molecule has 0 aliphatic heterocycles. The molecular weight excluding hydrogens is 252 g/mol. The normalized spacial score (nSPS) is 19.9. The predicted molar refractivity (Wildman–Crippen MR) is 80.4 cm³/mol. The maximum Gasteiger partial charge on any atom is 0.273 e. The topological polar surface area (TPSA) is 83.8 Å². The van der Waals surface area contributed by atoms with Crippen LogP contribution in [0.1, 0.15) is 57.2 Å². The van der Waals surface area contributed by atoms with Gasteiger partial charge in [-0.1, -0.05) is 41.0 Å². The summed E-state index contributed by atoms with van der Waals surface area (Å²) in [7, 11) is 0. The summed E-state index contributed by atoms with van der Waals surface area (Å²) < 4.78 is 0. The van der Waals surface area contributed by atoms with Gasteiger partial charge in [-0.05, 0) is 23.2 Å². The van der Waals surface area contributed by atoms with Crippen LogP contribution in [0.15, 0.2) is 0 Å². The molecular formula is C15H26N4O. The van der Waals surface area contributed by atoms with Crippen LogP contribution in [-0.2, 0) is 6.42 Å². The second-order valence-corrected chi connectivity index (χ2v) is 6.92. The Labute approximate surface area is 120 Å². The van der Waals surface area contributed by atoms with Gasteiger partial charge in [0, 0.05) is 6.54 Å². The van der Waals surface area contributed by atoms with Crippen LogP contribution in [0.4, 0.5) is 5.69 Å².